The molecule has 216 valence electrons. The molecule has 12 aliphatic rings. The van der Waals surface area contributed by atoms with Gasteiger partial charge < -0.3 is 18.9 Å². The zero-order valence-electron chi connectivity index (χ0n) is 24.0. The van der Waals surface area contributed by atoms with Crippen LogP contribution in [0.15, 0.2) is 48.6 Å². The van der Waals surface area contributed by atoms with Gasteiger partial charge >= 0.3 is 0 Å². The van der Waals surface area contributed by atoms with Gasteiger partial charge in [0.2, 0.25) is 0 Å². The number of rotatable bonds is 0. The summed E-state index contributed by atoms with van der Waals surface area (Å²) in [4.78, 5) is 0. The summed E-state index contributed by atoms with van der Waals surface area (Å²) >= 11 is 0. The third-order valence-corrected chi connectivity index (χ3v) is 12.7. The van der Waals surface area contributed by atoms with Crippen LogP contribution in [0.4, 0.5) is 0 Å². The number of allylic oxidation sites excluding steroid dienone is 8. The Hall–Kier alpha value is -1.20. The maximum Gasteiger partial charge on any atom is 0.0875 e. The Morgan fingerprint density at radius 2 is 0.900 bits per heavy atom. The van der Waals surface area contributed by atoms with E-state index in [0.29, 0.717) is 48.8 Å². The van der Waals surface area contributed by atoms with Crippen molar-refractivity contribution in [3.8, 4) is 0 Å². The first-order chi connectivity index (χ1) is 19.8. The van der Waals surface area contributed by atoms with Crippen LogP contribution in [0.25, 0.3) is 0 Å². The molecule has 4 aliphatic heterocycles. The van der Waals surface area contributed by atoms with Crippen LogP contribution in [0.2, 0.25) is 0 Å². The molecule has 0 aromatic rings. The zero-order valence-corrected chi connectivity index (χ0v) is 24.0. The monoisotopic (exact) mass is 544 g/mol. The highest BCUT2D eigenvalue weighted by Gasteiger charge is 2.61. The summed E-state index contributed by atoms with van der Waals surface area (Å²) in [5, 5.41) is 0. The standard InChI is InChI=1S/C9H12O2.2C9H12O.C9H12/c1-4-2-8-9(11-8)5(4)3-7-6(1)10-7;1-2-6-4-8-9(10-8)5-7(6)3-1;1-2-4-7-6(3-1)5-8-9(7)10-8;1-2-5-9-7-3-6-8(9)4-1/h4-9H,1-3H2;2*1-2,6-9H,3-5H2;1-3,6,8-9H,4-5,7H2. The van der Waals surface area contributed by atoms with Crippen molar-refractivity contribution in [1.29, 1.82) is 0 Å². The van der Waals surface area contributed by atoms with Crippen molar-refractivity contribution >= 4 is 0 Å². The van der Waals surface area contributed by atoms with Crippen molar-refractivity contribution in [2.45, 2.75) is 126 Å². The van der Waals surface area contributed by atoms with E-state index < -0.39 is 0 Å². The second-order valence-electron chi connectivity index (χ2n) is 15.0. The number of epoxide rings is 4. The first kappa shape index (κ1) is 25.3. The van der Waals surface area contributed by atoms with Crippen molar-refractivity contribution in [3.63, 3.8) is 0 Å². The van der Waals surface area contributed by atoms with Crippen LogP contribution in [0.3, 0.4) is 0 Å². The predicted octanol–water partition coefficient (Wildman–Crippen LogP) is 6.96. The summed E-state index contributed by atoms with van der Waals surface area (Å²) in [5.74, 6) is 7.41. The van der Waals surface area contributed by atoms with E-state index in [9.17, 15) is 0 Å². The SMILES string of the molecule is C1=CC2CC3OC3CC2C1.C1=CCC2C(C1)CC1OC12.C1=CCC2CC=CC2C1.C1C2CC3OC3C2CC2OC12. The third kappa shape index (κ3) is 5.03. The Labute approximate surface area is 240 Å². The van der Waals surface area contributed by atoms with Crippen molar-refractivity contribution in [3.05, 3.63) is 48.6 Å². The van der Waals surface area contributed by atoms with Crippen LogP contribution in [-0.2, 0) is 18.9 Å². The molecule has 4 heteroatoms. The Morgan fingerprint density at radius 3 is 1.70 bits per heavy atom. The average molecular weight is 545 g/mol. The van der Waals surface area contributed by atoms with Gasteiger partial charge in [0.1, 0.15) is 0 Å². The number of fused-ring (bicyclic) bond motifs is 10. The predicted molar refractivity (Wildman–Crippen MR) is 155 cm³/mol. The van der Waals surface area contributed by atoms with Crippen LogP contribution in [0.5, 0.6) is 0 Å². The summed E-state index contributed by atoms with van der Waals surface area (Å²) in [5.41, 5.74) is 0. The van der Waals surface area contributed by atoms with Crippen LogP contribution in [0, 0.1) is 47.3 Å². The molecular weight excluding hydrogens is 496 g/mol. The van der Waals surface area contributed by atoms with Crippen LogP contribution >= 0.6 is 0 Å². The molecule has 0 radical (unpaired) electrons. The molecule has 0 aromatic heterocycles. The van der Waals surface area contributed by atoms with E-state index in [1.165, 1.54) is 77.0 Å². The lowest BCUT2D eigenvalue weighted by molar-refractivity contribution is 0.171. The fourth-order valence-corrected chi connectivity index (χ4v) is 10.1. The van der Waals surface area contributed by atoms with Gasteiger partial charge in [0.25, 0.3) is 0 Å². The minimum Gasteiger partial charge on any atom is -0.370 e. The van der Waals surface area contributed by atoms with Gasteiger partial charge in [-0.1, -0.05) is 48.6 Å². The number of ether oxygens (including phenoxy) is 4. The summed E-state index contributed by atoms with van der Waals surface area (Å²) in [7, 11) is 0. The van der Waals surface area contributed by atoms with Gasteiger partial charge in [-0.2, -0.15) is 0 Å². The Bertz CT molecular complexity index is 1080. The molecule has 4 saturated carbocycles. The van der Waals surface area contributed by atoms with Gasteiger partial charge in [0.05, 0.1) is 48.8 Å². The highest BCUT2D eigenvalue weighted by molar-refractivity contribution is 5.12. The molecule has 0 amide bonds. The van der Waals surface area contributed by atoms with E-state index in [1.54, 1.807) is 0 Å². The fourth-order valence-electron chi connectivity index (χ4n) is 10.1. The lowest BCUT2D eigenvalue weighted by Crippen LogP contribution is -2.24. The third-order valence-electron chi connectivity index (χ3n) is 12.7. The first-order valence-corrected chi connectivity index (χ1v) is 17.0. The summed E-state index contributed by atoms with van der Waals surface area (Å²) in [6, 6.07) is 0. The van der Waals surface area contributed by atoms with E-state index in [4.69, 9.17) is 18.9 Å². The maximum absolute atomic E-state index is 5.53. The molecule has 0 N–H and O–H groups in total. The number of hydrogen-bond donors (Lipinski definition) is 0. The molecule has 40 heavy (non-hydrogen) atoms. The largest absolute Gasteiger partial charge is 0.370 e. The van der Waals surface area contributed by atoms with Gasteiger partial charge in [0.15, 0.2) is 0 Å². The molecule has 0 bridgehead atoms. The van der Waals surface area contributed by atoms with Gasteiger partial charge in [-0.3, -0.25) is 0 Å². The zero-order chi connectivity index (χ0) is 26.2. The quantitative estimate of drug-likeness (QED) is 0.244. The molecule has 0 aromatic carbocycles. The molecule has 4 saturated heterocycles. The van der Waals surface area contributed by atoms with Gasteiger partial charge in [-0.05, 0) is 124 Å². The lowest BCUT2D eigenvalue weighted by Gasteiger charge is -2.23. The average Bonchev–Trinajstić information content (AvgIpc) is 3.95. The molecule has 12 rings (SSSR count). The fraction of sp³-hybridized carbons (Fsp3) is 0.778. The van der Waals surface area contributed by atoms with Gasteiger partial charge in [0, 0.05) is 0 Å². The minimum absolute atomic E-state index is 0.638. The maximum atomic E-state index is 5.53. The Morgan fingerprint density at radius 1 is 0.350 bits per heavy atom. The molecule has 16 atom stereocenters. The molecule has 4 nitrogen and oxygen atoms in total. The van der Waals surface area contributed by atoms with Crippen molar-refractivity contribution in [2.24, 2.45) is 47.3 Å². The Balaban J connectivity index is 0.0000000771. The minimum atomic E-state index is 0.638. The molecule has 8 fully saturated rings. The molecule has 4 heterocycles. The van der Waals surface area contributed by atoms with E-state index in [2.05, 4.69) is 48.6 Å². The van der Waals surface area contributed by atoms with E-state index in [1.807, 2.05) is 0 Å². The molecule has 0 spiro atoms. The van der Waals surface area contributed by atoms with Gasteiger partial charge in [-0.25, -0.2) is 0 Å². The topological polar surface area (TPSA) is 50.1 Å². The number of hydrogen-bond acceptors (Lipinski definition) is 4. The highest BCUT2D eigenvalue weighted by Crippen LogP contribution is 2.57. The molecule has 8 aliphatic carbocycles. The lowest BCUT2D eigenvalue weighted by atomic mass is 9.81. The highest BCUT2D eigenvalue weighted by atomic mass is 16.6. The normalized spacial score (nSPS) is 56.0. The van der Waals surface area contributed by atoms with E-state index in [0.717, 1.165) is 47.3 Å². The van der Waals surface area contributed by atoms with Crippen molar-refractivity contribution in [2.75, 3.05) is 0 Å². The summed E-state index contributed by atoms with van der Waals surface area (Å²) in [6.07, 6.45) is 39.9. The van der Waals surface area contributed by atoms with Crippen molar-refractivity contribution < 1.29 is 18.9 Å². The summed E-state index contributed by atoms with van der Waals surface area (Å²) in [6.45, 7) is 0. The van der Waals surface area contributed by atoms with Crippen LogP contribution < -0.4 is 0 Å². The molecular formula is C36H48O4. The smallest absolute Gasteiger partial charge is 0.0875 e. The van der Waals surface area contributed by atoms with Crippen LogP contribution in [-0.4, -0.2) is 48.8 Å². The van der Waals surface area contributed by atoms with Gasteiger partial charge in [-0.15, -0.1) is 0 Å². The second-order valence-corrected chi connectivity index (χ2v) is 15.0. The first-order valence-electron chi connectivity index (χ1n) is 17.0. The molecule has 16 unspecified atom stereocenters. The van der Waals surface area contributed by atoms with E-state index >= 15 is 0 Å². The Kier molecular flexibility index (Phi) is 6.46. The second kappa shape index (κ2) is 10.2. The summed E-state index contributed by atoms with van der Waals surface area (Å²) < 4.78 is 22.0. The van der Waals surface area contributed by atoms with E-state index in [-0.39, 0.29) is 0 Å². The van der Waals surface area contributed by atoms with Crippen LogP contribution in [0.1, 0.15) is 77.0 Å². The van der Waals surface area contributed by atoms with Crippen molar-refractivity contribution in [1.82, 2.24) is 0 Å².